The van der Waals surface area contributed by atoms with Crippen LogP contribution in [0, 0.1) is 11.3 Å². The van der Waals surface area contributed by atoms with Gasteiger partial charge < -0.3 is 10.1 Å². The highest BCUT2D eigenvalue weighted by molar-refractivity contribution is 7.99. The van der Waals surface area contributed by atoms with Crippen LogP contribution >= 0.6 is 23.1 Å². The topological polar surface area (TPSA) is 98.1 Å². The number of amides is 3. The van der Waals surface area contributed by atoms with E-state index in [1.165, 1.54) is 28.6 Å². The molecule has 1 aliphatic rings. The third-order valence-electron chi connectivity index (χ3n) is 5.73. The third kappa shape index (κ3) is 6.68. The van der Waals surface area contributed by atoms with Crippen molar-refractivity contribution < 1.29 is 14.3 Å². The standard InChI is InChI=1S/C23H33N5O3S2/c1-6-10-28-20(18-13-15-12-16(23(2,3)4)7-8-17(15)33-18)26-27-22(28)32-14-19(29)25-21(30)24-9-11-31-5/h6,13,16H,1,7-12,14H2,2-5H3,(H2,24,25,29,30)/t16-/m1/s1. The van der Waals surface area contributed by atoms with Gasteiger partial charge in [0.25, 0.3) is 0 Å². The minimum Gasteiger partial charge on any atom is -0.383 e. The Morgan fingerprint density at radius 3 is 2.88 bits per heavy atom. The first-order chi connectivity index (χ1) is 15.7. The third-order valence-corrected chi connectivity index (χ3v) is 7.93. The number of hydrogen-bond donors (Lipinski definition) is 2. The van der Waals surface area contributed by atoms with Gasteiger partial charge in [-0.05, 0) is 42.2 Å². The lowest BCUT2D eigenvalue weighted by Crippen LogP contribution is -2.41. The lowest BCUT2D eigenvalue weighted by Gasteiger charge is -2.33. The molecule has 33 heavy (non-hydrogen) atoms. The summed E-state index contributed by atoms with van der Waals surface area (Å²) in [5.74, 6) is 1.13. The van der Waals surface area contributed by atoms with Gasteiger partial charge in [0, 0.05) is 25.1 Å². The van der Waals surface area contributed by atoms with E-state index in [-0.39, 0.29) is 5.75 Å². The monoisotopic (exact) mass is 491 g/mol. The molecule has 2 aromatic rings. The number of thiophene rings is 1. The summed E-state index contributed by atoms with van der Waals surface area (Å²) in [5.41, 5.74) is 1.72. The maximum Gasteiger partial charge on any atom is 0.321 e. The largest absolute Gasteiger partial charge is 0.383 e. The Hall–Kier alpha value is -2.17. The first-order valence-electron chi connectivity index (χ1n) is 11.1. The average Bonchev–Trinajstić information content (AvgIpc) is 3.35. The van der Waals surface area contributed by atoms with Crippen molar-refractivity contribution in [2.24, 2.45) is 11.3 Å². The van der Waals surface area contributed by atoms with Gasteiger partial charge in [-0.15, -0.1) is 28.1 Å². The van der Waals surface area contributed by atoms with E-state index in [0.717, 1.165) is 23.5 Å². The van der Waals surface area contributed by atoms with E-state index >= 15 is 0 Å². The molecule has 2 heterocycles. The lowest BCUT2D eigenvalue weighted by molar-refractivity contribution is -0.117. The number of carbonyl (C=O) groups excluding carboxylic acids is 2. The zero-order valence-corrected chi connectivity index (χ0v) is 21.4. The minimum absolute atomic E-state index is 0.0567. The van der Waals surface area contributed by atoms with Crippen LogP contribution in [0.3, 0.4) is 0 Å². The number of rotatable bonds is 9. The quantitative estimate of drug-likeness (QED) is 0.314. The Kier molecular flexibility index (Phi) is 8.72. The van der Waals surface area contributed by atoms with Gasteiger partial charge in [0.1, 0.15) is 0 Å². The van der Waals surface area contributed by atoms with Crippen molar-refractivity contribution in [1.82, 2.24) is 25.4 Å². The molecule has 10 heteroatoms. The predicted molar refractivity (Wildman–Crippen MR) is 133 cm³/mol. The Balaban J connectivity index is 1.68. The molecule has 0 aromatic carbocycles. The number of nitrogens with one attached hydrogen (secondary N) is 2. The van der Waals surface area contributed by atoms with Crippen molar-refractivity contribution in [3.63, 3.8) is 0 Å². The number of methoxy groups -OCH3 is 1. The molecule has 2 N–H and O–H groups in total. The normalized spacial score (nSPS) is 15.7. The highest BCUT2D eigenvalue weighted by Gasteiger charge is 2.30. The molecule has 0 fully saturated rings. The van der Waals surface area contributed by atoms with Crippen molar-refractivity contribution in [1.29, 1.82) is 0 Å². The molecule has 3 amide bonds. The van der Waals surface area contributed by atoms with Gasteiger partial charge in [0.15, 0.2) is 11.0 Å². The molecule has 8 nitrogen and oxygen atoms in total. The van der Waals surface area contributed by atoms with Gasteiger partial charge in [0.2, 0.25) is 5.91 Å². The number of urea groups is 1. The molecule has 0 unspecified atom stereocenters. The zero-order valence-electron chi connectivity index (χ0n) is 19.8. The number of thioether (sulfide) groups is 1. The van der Waals surface area contributed by atoms with Crippen LogP contribution in [0.15, 0.2) is 23.9 Å². The molecule has 0 saturated carbocycles. The fourth-order valence-corrected chi connectivity index (χ4v) is 5.80. The van der Waals surface area contributed by atoms with E-state index in [9.17, 15) is 9.59 Å². The summed E-state index contributed by atoms with van der Waals surface area (Å²) in [6.07, 6.45) is 5.21. The number of aromatic nitrogens is 3. The number of ether oxygens (including phenoxy) is 1. The molecule has 1 aliphatic carbocycles. The number of aryl methyl sites for hydroxylation is 1. The van der Waals surface area contributed by atoms with E-state index in [2.05, 4.69) is 54.2 Å². The van der Waals surface area contributed by atoms with Crippen molar-refractivity contribution in [2.45, 2.75) is 51.7 Å². The van der Waals surface area contributed by atoms with Crippen LogP contribution in [0.1, 0.15) is 37.6 Å². The minimum atomic E-state index is -0.538. The highest BCUT2D eigenvalue weighted by Crippen LogP contribution is 2.42. The van der Waals surface area contributed by atoms with Gasteiger partial charge in [-0.25, -0.2) is 4.79 Å². The molecule has 3 rings (SSSR count). The SMILES string of the molecule is C=CCn1c(SCC(=O)NC(=O)NCCOC)nnc1-c1cc2c(s1)CC[C@@H](C(C)(C)C)C2. The number of imide groups is 1. The van der Waals surface area contributed by atoms with Crippen molar-refractivity contribution >= 4 is 35.0 Å². The van der Waals surface area contributed by atoms with E-state index in [1.807, 2.05) is 4.57 Å². The molecule has 0 radical (unpaired) electrons. The van der Waals surface area contributed by atoms with Gasteiger partial charge in [-0.1, -0.05) is 38.6 Å². The van der Waals surface area contributed by atoms with Gasteiger partial charge >= 0.3 is 6.03 Å². The maximum absolute atomic E-state index is 12.2. The summed E-state index contributed by atoms with van der Waals surface area (Å²) in [7, 11) is 1.54. The fourth-order valence-electron chi connectivity index (χ4n) is 3.85. The number of fused-ring (bicyclic) bond motifs is 1. The summed E-state index contributed by atoms with van der Waals surface area (Å²) in [6, 6.07) is 1.72. The van der Waals surface area contributed by atoms with Crippen LogP contribution in [0.4, 0.5) is 4.79 Å². The molecular weight excluding hydrogens is 458 g/mol. The summed E-state index contributed by atoms with van der Waals surface area (Å²) >= 11 is 3.04. The predicted octanol–water partition coefficient (Wildman–Crippen LogP) is 3.91. The highest BCUT2D eigenvalue weighted by atomic mass is 32.2. The Morgan fingerprint density at radius 2 is 2.18 bits per heavy atom. The molecular formula is C23H33N5O3S2. The van der Waals surface area contributed by atoms with Gasteiger partial charge in [0.05, 0.1) is 17.2 Å². The smallest absolute Gasteiger partial charge is 0.321 e. The Labute approximate surface area is 203 Å². The summed E-state index contributed by atoms with van der Waals surface area (Å²) in [4.78, 5) is 26.4. The molecule has 180 valence electrons. The zero-order chi connectivity index (χ0) is 24.0. The lowest BCUT2D eigenvalue weighted by atomic mass is 9.72. The molecule has 0 bridgehead atoms. The summed E-state index contributed by atoms with van der Waals surface area (Å²) < 4.78 is 6.84. The fraction of sp³-hybridized carbons (Fsp3) is 0.565. The first-order valence-corrected chi connectivity index (χ1v) is 12.9. The number of carbonyl (C=O) groups is 2. The number of nitrogens with zero attached hydrogens (tertiary/aromatic N) is 3. The van der Waals surface area contributed by atoms with Gasteiger partial charge in [-0.3, -0.25) is 14.7 Å². The van der Waals surface area contributed by atoms with Crippen molar-refractivity contribution in [3.05, 3.63) is 29.2 Å². The van der Waals surface area contributed by atoms with Crippen LogP contribution in [-0.4, -0.2) is 52.7 Å². The number of hydrogen-bond acceptors (Lipinski definition) is 7. The first kappa shape index (κ1) is 25.5. The second-order valence-electron chi connectivity index (χ2n) is 9.16. The second-order valence-corrected chi connectivity index (χ2v) is 11.2. The Bertz CT molecular complexity index is 993. The number of allylic oxidation sites excluding steroid dienone is 1. The molecule has 0 saturated heterocycles. The van der Waals surface area contributed by atoms with E-state index in [0.29, 0.717) is 36.2 Å². The average molecular weight is 492 g/mol. The van der Waals surface area contributed by atoms with Crippen molar-refractivity contribution in [3.8, 4) is 10.7 Å². The Morgan fingerprint density at radius 1 is 1.39 bits per heavy atom. The summed E-state index contributed by atoms with van der Waals surface area (Å²) in [5, 5.41) is 14.2. The molecule has 0 aliphatic heterocycles. The summed E-state index contributed by atoms with van der Waals surface area (Å²) in [6.45, 7) is 12.1. The van der Waals surface area contributed by atoms with Crippen LogP contribution in [0.2, 0.25) is 0 Å². The van der Waals surface area contributed by atoms with Gasteiger partial charge in [-0.2, -0.15) is 0 Å². The van der Waals surface area contributed by atoms with E-state index in [1.54, 1.807) is 24.5 Å². The molecule has 2 aromatic heterocycles. The van der Waals surface area contributed by atoms with E-state index in [4.69, 9.17) is 4.74 Å². The van der Waals surface area contributed by atoms with Crippen LogP contribution < -0.4 is 10.6 Å². The second kappa shape index (κ2) is 11.3. The molecule has 1 atom stereocenters. The van der Waals surface area contributed by atoms with E-state index < -0.39 is 11.9 Å². The van der Waals surface area contributed by atoms with Crippen LogP contribution in [0.25, 0.3) is 10.7 Å². The van der Waals surface area contributed by atoms with Crippen LogP contribution in [0.5, 0.6) is 0 Å². The molecule has 0 spiro atoms. The maximum atomic E-state index is 12.2. The van der Waals surface area contributed by atoms with Crippen molar-refractivity contribution in [2.75, 3.05) is 26.0 Å². The van der Waals surface area contributed by atoms with Crippen LogP contribution in [-0.2, 0) is 28.9 Å².